The molecule has 1 unspecified atom stereocenters. The van der Waals surface area contributed by atoms with Crippen molar-refractivity contribution < 1.29 is 5.11 Å². The number of aliphatic hydroxyl groups is 1. The fraction of sp³-hybridized carbons (Fsp3) is 0.583. The molecule has 16 heavy (non-hydrogen) atoms. The molecule has 1 saturated heterocycles. The molecule has 0 aromatic carbocycles. The smallest absolute Gasteiger partial charge is 0.128 e. The number of rotatable bonds is 3. The maximum Gasteiger partial charge on any atom is 0.128 e. The summed E-state index contributed by atoms with van der Waals surface area (Å²) in [6.07, 6.45) is 5.17. The molecule has 88 valence electrons. The topological polar surface area (TPSA) is 36.4 Å². The highest BCUT2D eigenvalue weighted by Gasteiger charge is 2.20. The number of hydrogen-bond acceptors (Lipinski definition) is 3. The molecule has 1 fully saturated rings. The molecule has 2 rings (SSSR count). The summed E-state index contributed by atoms with van der Waals surface area (Å²) < 4.78 is 1.01. The van der Waals surface area contributed by atoms with Crippen molar-refractivity contribution in [1.82, 2.24) is 4.98 Å². The molecule has 1 aliphatic rings. The van der Waals surface area contributed by atoms with Crippen molar-refractivity contribution in [3.05, 3.63) is 22.8 Å². The molecule has 1 N–H and O–H groups in total. The average Bonchev–Trinajstić information content (AvgIpc) is 2.31. The largest absolute Gasteiger partial charge is 0.396 e. The number of pyridine rings is 1. The monoisotopic (exact) mass is 284 g/mol. The lowest BCUT2D eigenvalue weighted by Gasteiger charge is -2.33. The van der Waals surface area contributed by atoms with Crippen molar-refractivity contribution in [3.8, 4) is 0 Å². The Labute approximate surface area is 105 Å². The van der Waals surface area contributed by atoms with Gasteiger partial charge in [-0.25, -0.2) is 4.98 Å². The van der Waals surface area contributed by atoms with Gasteiger partial charge in [0.2, 0.25) is 0 Å². The number of anilines is 1. The van der Waals surface area contributed by atoms with Gasteiger partial charge in [-0.15, -0.1) is 0 Å². The van der Waals surface area contributed by atoms with Crippen LogP contribution in [0.5, 0.6) is 0 Å². The van der Waals surface area contributed by atoms with Crippen molar-refractivity contribution in [2.45, 2.75) is 19.3 Å². The highest BCUT2D eigenvalue weighted by molar-refractivity contribution is 9.10. The lowest BCUT2D eigenvalue weighted by molar-refractivity contribution is 0.244. The molecule has 4 heteroatoms. The molecule has 1 aromatic heterocycles. The van der Waals surface area contributed by atoms with Crippen LogP contribution in [0.3, 0.4) is 0 Å². The maximum atomic E-state index is 8.97. The van der Waals surface area contributed by atoms with Crippen molar-refractivity contribution in [2.24, 2.45) is 5.92 Å². The fourth-order valence-corrected chi connectivity index (χ4v) is 2.48. The van der Waals surface area contributed by atoms with E-state index in [0.29, 0.717) is 12.5 Å². The van der Waals surface area contributed by atoms with E-state index in [2.05, 4.69) is 25.8 Å². The van der Waals surface area contributed by atoms with Gasteiger partial charge < -0.3 is 10.0 Å². The predicted octanol–water partition coefficient (Wildman–Crippen LogP) is 2.44. The van der Waals surface area contributed by atoms with Gasteiger partial charge in [-0.3, -0.25) is 0 Å². The Balaban J connectivity index is 2.01. The molecule has 0 saturated carbocycles. The highest BCUT2D eigenvalue weighted by Crippen LogP contribution is 2.24. The normalized spacial score (nSPS) is 21.1. The number of aliphatic hydroxyl groups excluding tert-OH is 1. The van der Waals surface area contributed by atoms with Crippen molar-refractivity contribution in [3.63, 3.8) is 0 Å². The van der Waals surface area contributed by atoms with Gasteiger partial charge in [-0.2, -0.15) is 0 Å². The third-order valence-corrected chi connectivity index (χ3v) is 3.56. The molecule has 0 spiro atoms. The van der Waals surface area contributed by atoms with Crippen molar-refractivity contribution in [1.29, 1.82) is 0 Å². The third kappa shape index (κ3) is 2.95. The summed E-state index contributed by atoms with van der Waals surface area (Å²) in [5.41, 5.74) is 0. The van der Waals surface area contributed by atoms with E-state index in [4.69, 9.17) is 5.11 Å². The standard InChI is InChI=1S/C12H17BrN2O/c13-11-3-4-12(14-8-11)15-6-1-2-10(9-15)5-7-16/h3-4,8,10,16H,1-2,5-7,9H2. The Bertz CT molecular complexity index is 326. The Morgan fingerprint density at radius 2 is 2.38 bits per heavy atom. The number of halogens is 1. The Morgan fingerprint density at radius 1 is 1.50 bits per heavy atom. The number of nitrogens with zero attached hydrogens (tertiary/aromatic N) is 2. The maximum absolute atomic E-state index is 8.97. The second-order valence-corrected chi connectivity index (χ2v) is 5.22. The summed E-state index contributed by atoms with van der Waals surface area (Å²) in [4.78, 5) is 6.73. The number of piperidine rings is 1. The molecule has 1 atom stereocenters. The SMILES string of the molecule is OCCC1CCCN(c2ccc(Br)cn2)C1. The first kappa shape index (κ1) is 11.9. The fourth-order valence-electron chi connectivity index (χ4n) is 2.25. The first-order chi connectivity index (χ1) is 7.79. The lowest BCUT2D eigenvalue weighted by Crippen LogP contribution is -2.36. The van der Waals surface area contributed by atoms with Gasteiger partial charge in [0.05, 0.1) is 0 Å². The number of aromatic nitrogens is 1. The molecule has 2 heterocycles. The van der Waals surface area contributed by atoms with Crippen LogP contribution in [-0.2, 0) is 0 Å². The van der Waals surface area contributed by atoms with E-state index in [0.717, 1.165) is 29.8 Å². The van der Waals surface area contributed by atoms with Crippen LogP contribution in [0.4, 0.5) is 5.82 Å². The second-order valence-electron chi connectivity index (χ2n) is 4.30. The Hall–Kier alpha value is -0.610. The zero-order chi connectivity index (χ0) is 11.4. The van der Waals surface area contributed by atoms with Crippen LogP contribution >= 0.6 is 15.9 Å². The van der Waals surface area contributed by atoms with Gasteiger partial charge >= 0.3 is 0 Å². The molecular weight excluding hydrogens is 268 g/mol. The summed E-state index contributed by atoms with van der Waals surface area (Å²) in [5.74, 6) is 1.66. The summed E-state index contributed by atoms with van der Waals surface area (Å²) in [7, 11) is 0. The Morgan fingerprint density at radius 3 is 3.06 bits per heavy atom. The molecule has 1 aromatic rings. The average molecular weight is 285 g/mol. The lowest BCUT2D eigenvalue weighted by atomic mass is 9.95. The van der Waals surface area contributed by atoms with Crippen LogP contribution in [0.15, 0.2) is 22.8 Å². The van der Waals surface area contributed by atoms with Crippen molar-refractivity contribution in [2.75, 3.05) is 24.6 Å². The van der Waals surface area contributed by atoms with E-state index in [1.165, 1.54) is 12.8 Å². The van der Waals surface area contributed by atoms with E-state index in [1.807, 2.05) is 18.3 Å². The second kappa shape index (κ2) is 5.64. The van der Waals surface area contributed by atoms with Gasteiger partial charge in [0.25, 0.3) is 0 Å². The summed E-state index contributed by atoms with van der Waals surface area (Å²) in [6.45, 7) is 2.40. The predicted molar refractivity (Wildman–Crippen MR) is 68.6 cm³/mol. The minimum absolute atomic E-state index is 0.298. The van der Waals surface area contributed by atoms with Gasteiger partial charge in [-0.05, 0) is 53.2 Å². The number of hydrogen-bond donors (Lipinski definition) is 1. The molecule has 0 bridgehead atoms. The van der Waals surface area contributed by atoms with Gasteiger partial charge in [0, 0.05) is 30.4 Å². The van der Waals surface area contributed by atoms with Crippen LogP contribution in [0.25, 0.3) is 0 Å². The minimum Gasteiger partial charge on any atom is -0.396 e. The molecule has 3 nitrogen and oxygen atoms in total. The van der Waals surface area contributed by atoms with Crippen molar-refractivity contribution >= 4 is 21.7 Å². The molecular formula is C12H17BrN2O. The summed E-state index contributed by atoms with van der Waals surface area (Å²) >= 11 is 3.39. The zero-order valence-corrected chi connectivity index (χ0v) is 10.9. The minimum atomic E-state index is 0.298. The first-order valence-electron chi connectivity index (χ1n) is 5.77. The van der Waals surface area contributed by atoms with E-state index < -0.39 is 0 Å². The molecule has 0 amide bonds. The molecule has 0 aliphatic carbocycles. The highest BCUT2D eigenvalue weighted by atomic mass is 79.9. The van der Waals surface area contributed by atoms with E-state index in [-0.39, 0.29) is 0 Å². The van der Waals surface area contributed by atoms with Crippen LogP contribution in [0.1, 0.15) is 19.3 Å². The molecule has 0 radical (unpaired) electrons. The van der Waals surface area contributed by atoms with Crippen LogP contribution in [0.2, 0.25) is 0 Å². The quantitative estimate of drug-likeness (QED) is 0.926. The summed E-state index contributed by atoms with van der Waals surface area (Å²) in [5, 5.41) is 8.97. The molecule has 1 aliphatic heterocycles. The van der Waals surface area contributed by atoms with Crippen LogP contribution < -0.4 is 4.90 Å². The Kier molecular flexibility index (Phi) is 4.18. The van der Waals surface area contributed by atoms with Gasteiger partial charge in [0.1, 0.15) is 5.82 Å². The van der Waals surface area contributed by atoms with Gasteiger partial charge in [0.15, 0.2) is 0 Å². The first-order valence-corrected chi connectivity index (χ1v) is 6.56. The third-order valence-electron chi connectivity index (χ3n) is 3.09. The van der Waals surface area contributed by atoms with E-state index in [9.17, 15) is 0 Å². The van der Waals surface area contributed by atoms with E-state index in [1.54, 1.807) is 0 Å². The van der Waals surface area contributed by atoms with Gasteiger partial charge in [-0.1, -0.05) is 0 Å². The summed E-state index contributed by atoms with van der Waals surface area (Å²) in [6, 6.07) is 4.07. The zero-order valence-electron chi connectivity index (χ0n) is 9.27. The van der Waals surface area contributed by atoms with Crippen LogP contribution in [-0.4, -0.2) is 29.8 Å². The van der Waals surface area contributed by atoms with Crippen LogP contribution in [0, 0.1) is 5.92 Å². The van der Waals surface area contributed by atoms with E-state index >= 15 is 0 Å².